The summed E-state index contributed by atoms with van der Waals surface area (Å²) in [6.45, 7) is 7.01. The predicted octanol–water partition coefficient (Wildman–Crippen LogP) is 1.20. The van der Waals surface area contributed by atoms with Crippen molar-refractivity contribution in [3.63, 3.8) is 0 Å². The molecular formula is C12H19N3O2. The first-order valence-electron chi connectivity index (χ1n) is 6.00. The van der Waals surface area contributed by atoms with Crippen molar-refractivity contribution in [1.29, 1.82) is 0 Å². The molecule has 1 N–H and O–H groups in total. The zero-order valence-electron chi connectivity index (χ0n) is 10.4. The maximum absolute atomic E-state index is 11.1. The third kappa shape index (κ3) is 2.49. The topological polar surface area (TPSA) is 58.4 Å². The van der Waals surface area contributed by atoms with Crippen molar-refractivity contribution >= 4 is 5.97 Å². The van der Waals surface area contributed by atoms with Crippen molar-refractivity contribution in [3.8, 4) is 0 Å². The first-order chi connectivity index (χ1) is 8.03. The minimum Gasteiger partial charge on any atom is -0.481 e. The molecule has 1 aromatic heterocycles. The standard InChI is InChI=1S/C12H19N3O2/c1-3-15-8-10(6-13-15)7-14-5-4-12(2,9-14)11(16)17/h6,8H,3-5,7,9H2,1-2H3,(H,16,17). The number of carbonyl (C=O) groups is 1. The number of rotatable bonds is 4. The molecule has 1 saturated heterocycles. The summed E-state index contributed by atoms with van der Waals surface area (Å²) >= 11 is 0. The summed E-state index contributed by atoms with van der Waals surface area (Å²) in [4.78, 5) is 13.3. The number of nitrogens with zero attached hydrogens (tertiary/aromatic N) is 3. The summed E-state index contributed by atoms with van der Waals surface area (Å²) in [6, 6.07) is 0. The van der Waals surface area contributed by atoms with Crippen molar-refractivity contribution in [1.82, 2.24) is 14.7 Å². The number of aromatic nitrogens is 2. The number of aryl methyl sites for hydroxylation is 1. The molecule has 1 aromatic rings. The number of likely N-dealkylation sites (tertiary alicyclic amines) is 1. The summed E-state index contributed by atoms with van der Waals surface area (Å²) in [5.41, 5.74) is 0.572. The Kier molecular flexibility index (Phi) is 3.19. The average molecular weight is 237 g/mol. The largest absolute Gasteiger partial charge is 0.481 e. The molecular weight excluding hydrogens is 218 g/mol. The second-order valence-electron chi connectivity index (χ2n) is 5.03. The quantitative estimate of drug-likeness (QED) is 0.855. The van der Waals surface area contributed by atoms with E-state index in [1.54, 1.807) is 0 Å². The van der Waals surface area contributed by atoms with Gasteiger partial charge in [-0.2, -0.15) is 5.10 Å². The van der Waals surface area contributed by atoms with Crippen LogP contribution in [-0.2, 0) is 17.9 Å². The fourth-order valence-corrected chi connectivity index (χ4v) is 2.29. The van der Waals surface area contributed by atoms with Gasteiger partial charge in [0, 0.05) is 31.4 Å². The van der Waals surface area contributed by atoms with Crippen LogP contribution in [0.2, 0.25) is 0 Å². The SMILES string of the molecule is CCn1cc(CN2CCC(C)(C(=O)O)C2)cn1. The van der Waals surface area contributed by atoms with E-state index in [1.807, 2.05) is 30.9 Å². The molecule has 0 bridgehead atoms. The highest BCUT2D eigenvalue weighted by atomic mass is 16.4. The lowest BCUT2D eigenvalue weighted by Gasteiger charge is -2.19. The van der Waals surface area contributed by atoms with Gasteiger partial charge in [0.25, 0.3) is 0 Å². The molecule has 0 radical (unpaired) electrons. The van der Waals surface area contributed by atoms with Crippen molar-refractivity contribution in [3.05, 3.63) is 18.0 Å². The number of carboxylic acid groups (broad SMARTS) is 1. The van der Waals surface area contributed by atoms with E-state index >= 15 is 0 Å². The molecule has 0 aliphatic carbocycles. The fraction of sp³-hybridized carbons (Fsp3) is 0.667. The molecule has 5 nitrogen and oxygen atoms in total. The lowest BCUT2D eigenvalue weighted by molar-refractivity contribution is -0.147. The molecule has 0 spiro atoms. The van der Waals surface area contributed by atoms with E-state index in [0.717, 1.165) is 31.6 Å². The van der Waals surface area contributed by atoms with Gasteiger partial charge in [-0.15, -0.1) is 0 Å². The van der Waals surface area contributed by atoms with E-state index in [1.165, 1.54) is 0 Å². The Morgan fingerprint density at radius 2 is 2.41 bits per heavy atom. The van der Waals surface area contributed by atoms with Crippen LogP contribution in [0.15, 0.2) is 12.4 Å². The number of hydrogen-bond acceptors (Lipinski definition) is 3. The molecule has 1 unspecified atom stereocenters. The van der Waals surface area contributed by atoms with Gasteiger partial charge in [-0.3, -0.25) is 14.4 Å². The van der Waals surface area contributed by atoms with E-state index < -0.39 is 11.4 Å². The molecule has 94 valence electrons. The molecule has 0 amide bonds. The minimum absolute atomic E-state index is 0.583. The number of aliphatic carboxylic acids is 1. The van der Waals surface area contributed by atoms with Gasteiger partial charge < -0.3 is 5.11 Å². The predicted molar refractivity (Wildman–Crippen MR) is 63.5 cm³/mol. The fourth-order valence-electron chi connectivity index (χ4n) is 2.29. The smallest absolute Gasteiger partial charge is 0.310 e. The summed E-state index contributed by atoms with van der Waals surface area (Å²) in [7, 11) is 0. The van der Waals surface area contributed by atoms with Gasteiger partial charge in [-0.25, -0.2) is 0 Å². The van der Waals surface area contributed by atoms with Crippen LogP contribution in [0.4, 0.5) is 0 Å². The van der Waals surface area contributed by atoms with Gasteiger partial charge in [-0.05, 0) is 26.8 Å². The third-order valence-electron chi connectivity index (χ3n) is 3.49. The molecule has 1 aliphatic heterocycles. The van der Waals surface area contributed by atoms with Crippen molar-refractivity contribution < 1.29 is 9.90 Å². The third-order valence-corrected chi connectivity index (χ3v) is 3.49. The van der Waals surface area contributed by atoms with Crippen molar-refractivity contribution in [2.24, 2.45) is 5.41 Å². The van der Waals surface area contributed by atoms with Crippen LogP contribution in [0, 0.1) is 5.41 Å². The zero-order valence-corrected chi connectivity index (χ0v) is 10.4. The van der Waals surface area contributed by atoms with Gasteiger partial charge >= 0.3 is 5.97 Å². The van der Waals surface area contributed by atoms with Crippen LogP contribution < -0.4 is 0 Å². The van der Waals surface area contributed by atoms with Crippen LogP contribution in [0.1, 0.15) is 25.8 Å². The second kappa shape index (κ2) is 4.49. The first kappa shape index (κ1) is 12.1. The number of carboxylic acids is 1. The minimum atomic E-state index is -0.691. The highest BCUT2D eigenvalue weighted by Crippen LogP contribution is 2.30. The Labute approximate surface area is 101 Å². The molecule has 2 heterocycles. The van der Waals surface area contributed by atoms with Gasteiger partial charge in [0.1, 0.15) is 0 Å². The summed E-state index contributed by atoms with van der Waals surface area (Å²) < 4.78 is 1.89. The summed E-state index contributed by atoms with van der Waals surface area (Å²) in [5.74, 6) is -0.691. The maximum atomic E-state index is 11.1. The lowest BCUT2D eigenvalue weighted by atomic mass is 9.90. The Bertz CT molecular complexity index is 416. The second-order valence-corrected chi connectivity index (χ2v) is 5.03. The molecule has 1 aliphatic rings. The molecule has 5 heteroatoms. The maximum Gasteiger partial charge on any atom is 0.310 e. The van der Waals surface area contributed by atoms with Crippen LogP contribution >= 0.6 is 0 Å². The Balaban J connectivity index is 1.96. The monoisotopic (exact) mass is 237 g/mol. The van der Waals surface area contributed by atoms with Crippen LogP contribution in [0.3, 0.4) is 0 Å². The molecule has 17 heavy (non-hydrogen) atoms. The molecule has 0 aromatic carbocycles. The van der Waals surface area contributed by atoms with Crippen molar-refractivity contribution in [2.75, 3.05) is 13.1 Å². The van der Waals surface area contributed by atoms with Crippen LogP contribution in [-0.4, -0.2) is 38.8 Å². The zero-order chi connectivity index (χ0) is 12.5. The summed E-state index contributed by atoms with van der Waals surface area (Å²) in [5, 5.41) is 13.4. The van der Waals surface area contributed by atoms with Crippen LogP contribution in [0.5, 0.6) is 0 Å². The Morgan fingerprint density at radius 1 is 1.65 bits per heavy atom. The van der Waals surface area contributed by atoms with E-state index in [0.29, 0.717) is 6.54 Å². The first-order valence-corrected chi connectivity index (χ1v) is 6.00. The summed E-state index contributed by atoms with van der Waals surface area (Å²) in [6.07, 6.45) is 4.61. The van der Waals surface area contributed by atoms with Gasteiger partial charge in [0.2, 0.25) is 0 Å². The highest BCUT2D eigenvalue weighted by Gasteiger charge is 2.40. The van der Waals surface area contributed by atoms with Crippen molar-refractivity contribution in [2.45, 2.75) is 33.4 Å². The molecule has 2 rings (SSSR count). The van der Waals surface area contributed by atoms with E-state index in [4.69, 9.17) is 5.11 Å². The van der Waals surface area contributed by atoms with Gasteiger partial charge in [0.15, 0.2) is 0 Å². The lowest BCUT2D eigenvalue weighted by Crippen LogP contribution is -2.31. The highest BCUT2D eigenvalue weighted by molar-refractivity contribution is 5.74. The van der Waals surface area contributed by atoms with Gasteiger partial charge in [-0.1, -0.05) is 0 Å². The Hall–Kier alpha value is -1.36. The van der Waals surface area contributed by atoms with E-state index in [9.17, 15) is 4.79 Å². The average Bonchev–Trinajstić information content (AvgIpc) is 2.87. The number of hydrogen-bond donors (Lipinski definition) is 1. The Morgan fingerprint density at radius 3 is 2.94 bits per heavy atom. The molecule has 1 fully saturated rings. The van der Waals surface area contributed by atoms with E-state index in [-0.39, 0.29) is 0 Å². The molecule has 1 atom stereocenters. The normalized spacial score (nSPS) is 25.3. The molecule has 0 saturated carbocycles. The van der Waals surface area contributed by atoms with Crippen LogP contribution in [0.25, 0.3) is 0 Å². The van der Waals surface area contributed by atoms with Gasteiger partial charge in [0.05, 0.1) is 11.6 Å². The van der Waals surface area contributed by atoms with E-state index in [2.05, 4.69) is 10.00 Å².